The van der Waals surface area contributed by atoms with Crippen LogP contribution in [0.1, 0.15) is 0 Å². The summed E-state index contributed by atoms with van der Waals surface area (Å²) in [6.07, 6.45) is 0. The third-order valence-electron chi connectivity index (χ3n) is 1.74. The summed E-state index contributed by atoms with van der Waals surface area (Å²) in [7, 11) is 0. The van der Waals surface area contributed by atoms with Crippen molar-refractivity contribution in [1.82, 2.24) is 0 Å². The molecule has 2 aromatic carbocycles. The number of carbonyl (C=O) groups is 3. The third kappa shape index (κ3) is 6.69. The summed E-state index contributed by atoms with van der Waals surface area (Å²) < 4.78 is 13.0. The fourth-order valence-electron chi connectivity index (χ4n) is 1.19. The molecule has 0 heterocycles. The minimum Gasteiger partial charge on any atom is -0.307 e. The predicted octanol–water partition coefficient (Wildman–Crippen LogP) is 2.42. The molecule has 0 aliphatic rings. The van der Waals surface area contributed by atoms with Crippen molar-refractivity contribution in [3.63, 3.8) is 0 Å². The van der Waals surface area contributed by atoms with E-state index in [-0.39, 0.29) is 23.2 Å². The van der Waals surface area contributed by atoms with Crippen LogP contribution in [0.4, 0.5) is 4.39 Å². The van der Waals surface area contributed by atoms with Crippen molar-refractivity contribution in [1.29, 1.82) is 0 Å². The first-order valence-corrected chi connectivity index (χ1v) is 4.38. The molecule has 0 radical (unpaired) electrons. The van der Waals surface area contributed by atoms with Gasteiger partial charge in [-0.1, -0.05) is 36.4 Å². The molecule has 96 valence electrons. The van der Waals surface area contributed by atoms with Crippen molar-refractivity contribution in [2.45, 2.75) is 0 Å². The zero-order valence-corrected chi connectivity index (χ0v) is 10.9. The van der Waals surface area contributed by atoms with Crippen LogP contribution in [0.2, 0.25) is 0 Å². The van der Waals surface area contributed by atoms with E-state index in [0.717, 1.165) is 5.39 Å². The average Bonchev–Trinajstić information content (AvgIpc) is 2.46. The number of halogens is 1. The summed E-state index contributed by atoms with van der Waals surface area (Å²) in [4.78, 5) is 24.0. The second kappa shape index (κ2) is 15.2. The van der Waals surface area contributed by atoms with Gasteiger partial charge >= 0.3 is 0 Å². The molecule has 0 amide bonds. The van der Waals surface area contributed by atoms with E-state index >= 15 is 0 Å². The van der Waals surface area contributed by atoms with Crippen molar-refractivity contribution in [2.24, 2.45) is 0 Å². The van der Waals surface area contributed by atoms with Gasteiger partial charge in [-0.05, 0) is 11.5 Å². The molecule has 0 aliphatic heterocycles. The van der Waals surface area contributed by atoms with E-state index in [0.29, 0.717) is 5.39 Å². The number of hydrogen-bond donors (Lipinski definition) is 0. The molecule has 3 nitrogen and oxygen atoms in total. The van der Waals surface area contributed by atoms with Crippen molar-refractivity contribution >= 4 is 31.1 Å². The van der Waals surface area contributed by atoms with Gasteiger partial charge in [0.25, 0.3) is 0 Å². The fraction of sp³-hybridized carbons (Fsp3) is 0. The van der Waals surface area contributed by atoms with Crippen LogP contribution in [0, 0.1) is 5.82 Å². The topological polar surface area (TPSA) is 51.2 Å². The van der Waals surface area contributed by atoms with Gasteiger partial charge in [0.05, 0.1) is 0 Å². The number of benzene rings is 2. The van der Waals surface area contributed by atoms with E-state index < -0.39 is 0 Å². The molecule has 0 atom stereocenters. The molecule has 0 aromatic heterocycles. The fourth-order valence-corrected chi connectivity index (χ4v) is 1.19. The smallest absolute Gasteiger partial charge is 0.131 e. The Morgan fingerprint density at radius 1 is 0.722 bits per heavy atom. The van der Waals surface area contributed by atoms with Gasteiger partial charge in [-0.2, -0.15) is 0 Å². The molecular weight excluding hydrogens is 275 g/mol. The van der Waals surface area contributed by atoms with Crippen LogP contribution in [0.5, 0.6) is 0 Å². The molecule has 0 unspecified atom stereocenters. The number of fused-ring (bicyclic) bond motifs is 1. The molecule has 0 spiro atoms. The van der Waals surface area contributed by atoms with Crippen LogP contribution in [0.3, 0.4) is 0 Å². The van der Waals surface area contributed by atoms with Crippen molar-refractivity contribution < 1.29 is 36.1 Å². The summed E-state index contributed by atoms with van der Waals surface area (Å²) in [5.41, 5.74) is 0. The maximum Gasteiger partial charge on any atom is 0.131 e. The molecule has 2 rings (SSSR count). The second-order valence-corrected chi connectivity index (χ2v) is 2.46. The van der Waals surface area contributed by atoms with Gasteiger partial charge in [-0.25, -0.2) is 4.39 Å². The van der Waals surface area contributed by atoms with Gasteiger partial charge in [-0.3, -0.25) is 0 Å². The molecular formula is C13H13CrFO3. The molecule has 0 bridgehead atoms. The van der Waals surface area contributed by atoms with Gasteiger partial charge in [0.15, 0.2) is 0 Å². The van der Waals surface area contributed by atoms with Crippen LogP contribution < -0.4 is 0 Å². The molecule has 0 saturated carbocycles. The van der Waals surface area contributed by atoms with E-state index in [4.69, 9.17) is 14.4 Å². The van der Waals surface area contributed by atoms with E-state index in [1.165, 1.54) is 6.07 Å². The van der Waals surface area contributed by atoms with Crippen LogP contribution >= 0.6 is 0 Å². The summed E-state index contributed by atoms with van der Waals surface area (Å²) in [5, 5.41) is 1.64. The van der Waals surface area contributed by atoms with Crippen LogP contribution in [-0.4, -0.2) is 20.4 Å². The van der Waals surface area contributed by atoms with Gasteiger partial charge in [0, 0.05) is 22.7 Å². The third-order valence-corrected chi connectivity index (χ3v) is 1.74. The van der Waals surface area contributed by atoms with Gasteiger partial charge in [0.1, 0.15) is 26.2 Å². The zero-order valence-electron chi connectivity index (χ0n) is 9.67. The Balaban J connectivity index is -0.000000285. The number of rotatable bonds is 0. The second-order valence-electron chi connectivity index (χ2n) is 2.46. The van der Waals surface area contributed by atoms with Crippen molar-refractivity contribution in [3.8, 4) is 0 Å². The zero-order chi connectivity index (χ0) is 13.7. The van der Waals surface area contributed by atoms with Crippen LogP contribution in [0.15, 0.2) is 42.5 Å². The normalized spacial score (nSPS) is 6.94. The summed E-state index contributed by atoms with van der Waals surface area (Å²) in [6.45, 7) is 6.00. The maximum absolute atomic E-state index is 13.0. The van der Waals surface area contributed by atoms with Crippen molar-refractivity contribution in [3.05, 3.63) is 48.3 Å². The van der Waals surface area contributed by atoms with E-state index in [1.54, 1.807) is 12.1 Å². The van der Waals surface area contributed by atoms with E-state index in [2.05, 4.69) is 0 Å². The average molecular weight is 288 g/mol. The predicted molar refractivity (Wildman–Crippen MR) is 65.3 cm³/mol. The van der Waals surface area contributed by atoms with Gasteiger partial charge in [-0.15, -0.1) is 0 Å². The summed E-state index contributed by atoms with van der Waals surface area (Å²) >= 11 is 0. The first-order chi connectivity index (χ1) is 8.38. The largest absolute Gasteiger partial charge is 0.307 e. The Morgan fingerprint density at radius 3 is 1.67 bits per heavy atom. The minimum absolute atomic E-state index is 0. The molecule has 0 aliphatic carbocycles. The van der Waals surface area contributed by atoms with E-state index in [9.17, 15) is 4.39 Å². The quantitative estimate of drug-likeness (QED) is 0.748. The Labute approximate surface area is 116 Å². The standard InChI is InChI=1S/C10H7F.3CH2O.Cr/c11-10-7-3-5-8-4-1-2-6-9(8)10;3*1-2;/h1-7H;3*1H2;. The Morgan fingerprint density at radius 2 is 1.17 bits per heavy atom. The molecule has 0 fully saturated rings. The van der Waals surface area contributed by atoms with Crippen LogP contribution in [-0.2, 0) is 31.7 Å². The summed E-state index contributed by atoms with van der Waals surface area (Å²) in [6, 6.07) is 12.5. The Kier molecular flexibility index (Phi) is 18.1. The molecule has 0 saturated heterocycles. The number of hydrogen-bond acceptors (Lipinski definition) is 3. The van der Waals surface area contributed by atoms with Crippen LogP contribution in [0.25, 0.3) is 10.8 Å². The Bertz CT molecular complexity index is 427. The molecule has 2 aromatic rings. The monoisotopic (exact) mass is 288 g/mol. The van der Waals surface area contributed by atoms with E-state index in [1.807, 2.05) is 44.6 Å². The number of carbonyl (C=O) groups excluding carboxylic acids is 3. The maximum atomic E-state index is 13.0. The first-order valence-electron chi connectivity index (χ1n) is 4.38. The van der Waals surface area contributed by atoms with Gasteiger partial charge in [0.2, 0.25) is 0 Å². The molecule has 5 heteroatoms. The minimum atomic E-state index is -0.150. The first kappa shape index (κ1) is 21.5. The SMILES string of the molecule is C=O.C=O.C=O.Fc1cccc2ccccc12.[Cr]. The molecule has 0 N–H and O–H groups in total. The van der Waals surface area contributed by atoms with Crippen molar-refractivity contribution in [2.75, 3.05) is 0 Å². The molecule has 18 heavy (non-hydrogen) atoms. The Hall–Kier alpha value is -1.83. The van der Waals surface area contributed by atoms with Gasteiger partial charge < -0.3 is 14.4 Å². The summed E-state index contributed by atoms with van der Waals surface area (Å²) in [5.74, 6) is -0.150.